The summed E-state index contributed by atoms with van der Waals surface area (Å²) in [5.41, 5.74) is -1.42. The normalized spacial score (nSPS) is 24.7. The van der Waals surface area contributed by atoms with Crippen molar-refractivity contribution in [2.24, 2.45) is 0 Å². The molecule has 1 aliphatic rings. The number of methoxy groups -OCH3 is 1. The first-order valence-corrected chi connectivity index (χ1v) is 5.30. The summed E-state index contributed by atoms with van der Waals surface area (Å²) in [5, 5.41) is 0. The van der Waals surface area contributed by atoms with E-state index in [9.17, 15) is 9.59 Å². The maximum absolute atomic E-state index is 11.8. The topological polar surface area (TPSA) is 55.8 Å². The molecule has 0 aromatic heterocycles. The molecule has 0 aromatic carbocycles. The lowest BCUT2D eigenvalue weighted by atomic mass is 9.87. The molecule has 1 heterocycles. The number of nitrogens with zero attached hydrogens (tertiary/aromatic N) is 1. The highest BCUT2D eigenvalue weighted by atomic mass is 16.6. The summed E-state index contributed by atoms with van der Waals surface area (Å²) in [5.74, 6) is -0.399. The number of carbonyl (C=O) groups excluding carboxylic acids is 2. The molecule has 1 amide bonds. The Morgan fingerprint density at radius 3 is 2.19 bits per heavy atom. The maximum atomic E-state index is 11.8. The Balaban J connectivity index is 2.69. The Bertz CT molecular complexity index is 308. The van der Waals surface area contributed by atoms with Crippen molar-refractivity contribution in [1.29, 1.82) is 0 Å². The van der Waals surface area contributed by atoms with E-state index < -0.39 is 23.2 Å². The smallest absolute Gasteiger partial charge is 0.411 e. The van der Waals surface area contributed by atoms with Gasteiger partial charge in [0.1, 0.15) is 11.1 Å². The predicted octanol–water partition coefficient (Wildman–Crippen LogP) is 1.56. The molecule has 5 heteroatoms. The van der Waals surface area contributed by atoms with E-state index in [0.717, 1.165) is 0 Å². The Morgan fingerprint density at radius 2 is 1.88 bits per heavy atom. The number of likely N-dealkylation sites (tertiary alicyclic amines) is 1. The molecule has 0 unspecified atom stereocenters. The summed E-state index contributed by atoms with van der Waals surface area (Å²) in [4.78, 5) is 24.7. The van der Waals surface area contributed by atoms with E-state index in [-0.39, 0.29) is 0 Å². The number of hydrogen-bond acceptors (Lipinski definition) is 4. The fourth-order valence-electron chi connectivity index (χ4n) is 1.60. The Kier molecular flexibility index (Phi) is 3.17. The molecule has 1 atom stereocenters. The summed E-state index contributed by atoms with van der Waals surface area (Å²) >= 11 is 0. The average molecular weight is 229 g/mol. The molecule has 0 spiro atoms. The minimum Gasteiger partial charge on any atom is -0.467 e. The third-order valence-electron chi connectivity index (χ3n) is 2.66. The molecule has 0 aliphatic carbocycles. The second kappa shape index (κ2) is 3.96. The lowest BCUT2D eigenvalue weighted by molar-refractivity contribution is -0.161. The average Bonchev–Trinajstić information content (AvgIpc) is 2.10. The van der Waals surface area contributed by atoms with E-state index in [1.165, 1.54) is 12.0 Å². The molecule has 1 saturated heterocycles. The van der Waals surface area contributed by atoms with Crippen molar-refractivity contribution in [3.63, 3.8) is 0 Å². The lowest BCUT2D eigenvalue weighted by Crippen LogP contribution is -2.65. The minimum atomic E-state index is -0.864. The molecule has 0 radical (unpaired) electrons. The van der Waals surface area contributed by atoms with Gasteiger partial charge in [-0.1, -0.05) is 0 Å². The molecular formula is C11H19NO4. The molecule has 92 valence electrons. The first-order chi connectivity index (χ1) is 7.20. The molecule has 5 nitrogen and oxygen atoms in total. The second-order valence-electron chi connectivity index (χ2n) is 5.15. The van der Waals surface area contributed by atoms with Crippen molar-refractivity contribution in [3.8, 4) is 0 Å². The highest BCUT2D eigenvalue weighted by Gasteiger charge is 2.51. The van der Waals surface area contributed by atoms with Gasteiger partial charge in [0.15, 0.2) is 0 Å². The summed E-state index contributed by atoms with van der Waals surface area (Å²) in [6.45, 7) is 7.59. The van der Waals surface area contributed by atoms with Crippen molar-refractivity contribution >= 4 is 12.1 Å². The van der Waals surface area contributed by atoms with Crippen LogP contribution in [0, 0.1) is 0 Å². The zero-order valence-corrected chi connectivity index (χ0v) is 10.5. The molecule has 1 aliphatic heterocycles. The van der Waals surface area contributed by atoms with Gasteiger partial charge in [-0.15, -0.1) is 0 Å². The van der Waals surface area contributed by atoms with Gasteiger partial charge < -0.3 is 9.47 Å². The van der Waals surface area contributed by atoms with Crippen LogP contribution in [0.1, 0.15) is 34.1 Å². The third kappa shape index (κ3) is 2.28. The van der Waals surface area contributed by atoms with Gasteiger partial charge in [0.05, 0.1) is 7.11 Å². The Hall–Kier alpha value is -1.26. The van der Waals surface area contributed by atoms with Crippen LogP contribution in [0.5, 0.6) is 0 Å². The molecular weight excluding hydrogens is 210 g/mol. The van der Waals surface area contributed by atoms with E-state index in [0.29, 0.717) is 13.0 Å². The van der Waals surface area contributed by atoms with Gasteiger partial charge in [0.25, 0.3) is 0 Å². The molecule has 0 N–H and O–H groups in total. The zero-order valence-electron chi connectivity index (χ0n) is 10.5. The molecule has 1 fully saturated rings. The molecule has 1 rings (SSSR count). The highest BCUT2D eigenvalue weighted by Crippen LogP contribution is 2.32. The monoisotopic (exact) mass is 229 g/mol. The number of esters is 1. The van der Waals surface area contributed by atoms with Crippen LogP contribution in [0.3, 0.4) is 0 Å². The van der Waals surface area contributed by atoms with Gasteiger partial charge in [-0.2, -0.15) is 0 Å². The van der Waals surface area contributed by atoms with E-state index in [2.05, 4.69) is 4.74 Å². The molecule has 0 saturated carbocycles. The number of hydrogen-bond donors (Lipinski definition) is 0. The zero-order chi connectivity index (χ0) is 12.6. The summed E-state index contributed by atoms with van der Waals surface area (Å²) in [6.07, 6.45) is 0.144. The SMILES string of the molecule is COC(=O)[C@@]1(C)CCN1C(=O)OC(C)(C)C. The van der Waals surface area contributed by atoms with Crippen molar-refractivity contribution < 1.29 is 19.1 Å². The van der Waals surface area contributed by atoms with Crippen LogP contribution < -0.4 is 0 Å². The number of amides is 1. The summed E-state index contributed by atoms with van der Waals surface area (Å²) < 4.78 is 9.89. The van der Waals surface area contributed by atoms with Gasteiger partial charge in [0, 0.05) is 6.54 Å². The van der Waals surface area contributed by atoms with E-state index in [1.54, 1.807) is 27.7 Å². The van der Waals surface area contributed by atoms with Crippen LogP contribution in [0.25, 0.3) is 0 Å². The Labute approximate surface area is 95.7 Å². The molecule has 16 heavy (non-hydrogen) atoms. The van der Waals surface area contributed by atoms with E-state index in [4.69, 9.17) is 4.74 Å². The van der Waals surface area contributed by atoms with Crippen LogP contribution in [0.4, 0.5) is 4.79 Å². The summed E-state index contributed by atoms with van der Waals surface area (Å²) in [6, 6.07) is 0. The van der Waals surface area contributed by atoms with Crippen LogP contribution in [-0.2, 0) is 14.3 Å². The maximum Gasteiger partial charge on any atom is 0.411 e. The van der Waals surface area contributed by atoms with Gasteiger partial charge in [-0.25, -0.2) is 9.59 Å². The van der Waals surface area contributed by atoms with Crippen LogP contribution in [-0.4, -0.2) is 41.8 Å². The quantitative estimate of drug-likeness (QED) is 0.640. The van der Waals surface area contributed by atoms with Crippen LogP contribution in [0.15, 0.2) is 0 Å². The number of carbonyl (C=O) groups is 2. The second-order valence-corrected chi connectivity index (χ2v) is 5.15. The van der Waals surface area contributed by atoms with E-state index in [1.807, 2.05) is 0 Å². The predicted molar refractivity (Wildman–Crippen MR) is 58.0 cm³/mol. The lowest BCUT2D eigenvalue weighted by Gasteiger charge is -2.47. The van der Waals surface area contributed by atoms with Crippen LogP contribution >= 0.6 is 0 Å². The summed E-state index contributed by atoms with van der Waals surface area (Å²) in [7, 11) is 1.32. The first kappa shape index (κ1) is 12.8. The van der Waals surface area contributed by atoms with E-state index >= 15 is 0 Å². The van der Waals surface area contributed by atoms with Crippen molar-refractivity contribution in [2.45, 2.75) is 45.3 Å². The van der Waals surface area contributed by atoms with Crippen molar-refractivity contribution in [3.05, 3.63) is 0 Å². The van der Waals surface area contributed by atoms with Crippen LogP contribution in [0.2, 0.25) is 0 Å². The largest absolute Gasteiger partial charge is 0.467 e. The first-order valence-electron chi connectivity index (χ1n) is 5.30. The van der Waals surface area contributed by atoms with Gasteiger partial charge in [-0.05, 0) is 34.1 Å². The number of rotatable bonds is 1. The molecule has 0 bridgehead atoms. The Morgan fingerprint density at radius 1 is 1.31 bits per heavy atom. The number of ether oxygens (including phenoxy) is 2. The molecule has 0 aromatic rings. The third-order valence-corrected chi connectivity index (χ3v) is 2.66. The highest BCUT2D eigenvalue weighted by molar-refractivity contribution is 5.87. The van der Waals surface area contributed by atoms with Gasteiger partial charge >= 0.3 is 12.1 Å². The minimum absolute atomic E-state index is 0.399. The fourth-order valence-corrected chi connectivity index (χ4v) is 1.60. The van der Waals surface area contributed by atoms with Gasteiger partial charge in [0.2, 0.25) is 0 Å². The standard InChI is InChI=1S/C11H19NO4/c1-10(2,3)16-9(14)12-7-6-11(12,4)8(13)15-5/h6-7H2,1-5H3/t11-/m1/s1. The fraction of sp³-hybridized carbons (Fsp3) is 0.818. The van der Waals surface area contributed by atoms with Crippen molar-refractivity contribution in [1.82, 2.24) is 4.90 Å². The van der Waals surface area contributed by atoms with Gasteiger partial charge in [-0.3, -0.25) is 4.90 Å². The van der Waals surface area contributed by atoms with Crippen molar-refractivity contribution in [2.75, 3.05) is 13.7 Å².